The van der Waals surface area contributed by atoms with Crippen molar-refractivity contribution in [3.63, 3.8) is 0 Å². The molecular weight excluding hydrogens is 446 g/mol. The normalized spacial score (nSPS) is 12.4. The van der Waals surface area contributed by atoms with Gasteiger partial charge in [-0.1, -0.05) is 0 Å². The zero-order chi connectivity index (χ0) is 18.2. The van der Waals surface area contributed by atoms with Crippen LogP contribution in [-0.4, -0.2) is 65.0 Å². The summed E-state index contributed by atoms with van der Waals surface area (Å²) in [6, 6.07) is 4.06. The van der Waals surface area contributed by atoms with Gasteiger partial charge in [0.05, 0.1) is 12.8 Å². The van der Waals surface area contributed by atoms with Crippen molar-refractivity contribution in [2.24, 2.45) is 0 Å². The molecule has 1 aromatic rings. The molecule has 0 spiro atoms. The zero-order valence-electron chi connectivity index (χ0n) is 17.2. The van der Waals surface area contributed by atoms with Crippen LogP contribution in [0.4, 0.5) is 0 Å². The van der Waals surface area contributed by atoms with E-state index in [9.17, 15) is 0 Å². The number of furan rings is 1. The first-order chi connectivity index (χ1) is 11.6. The lowest BCUT2D eigenvalue weighted by Crippen LogP contribution is -3.00. The molecule has 0 aliphatic carbocycles. The van der Waals surface area contributed by atoms with Crippen molar-refractivity contribution < 1.29 is 28.4 Å². The van der Waals surface area contributed by atoms with Crippen molar-refractivity contribution in [3.05, 3.63) is 24.2 Å². The molecule has 7 heteroatoms. The van der Waals surface area contributed by atoms with Gasteiger partial charge < -0.3 is 28.4 Å². The van der Waals surface area contributed by atoms with E-state index < -0.39 is 7.87 Å². The van der Waals surface area contributed by atoms with Gasteiger partial charge in [-0.15, -0.1) is 18.7 Å². The van der Waals surface area contributed by atoms with Crippen molar-refractivity contribution in [1.29, 1.82) is 0 Å². The lowest BCUT2D eigenvalue weighted by molar-refractivity contribution is -0.00000641. The Bertz CT molecular complexity index is 403. The second kappa shape index (κ2) is 12.6. The Morgan fingerprint density at radius 2 is 1.20 bits per heavy atom. The maximum atomic E-state index is 5.66. The summed E-state index contributed by atoms with van der Waals surface area (Å²) in [4.78, 5) is 0. The number of hydrogen-bond donors (Lipinski definition) is 0. The molecule has 1 rings (SSSR count). The van der Waals surface area contributed by atoms with Crippen LogP contribution >= 0.6 is 7.87 Å². The molecule has 0 N–H and O–H groups in total. The maximum Gasteiger partial charge on any atom is 0.308 e. The minimum atomic E-state index is -1.79. The summed E-state index contributed by atoms with van der Waals surface area (Å²) in [6.45, 7) is 20.9. The predicted octanol–water partition coefficient (Wildman–Crippen LogP) is 1.42. The van der Waals surface area contributed by atoms with E-state index in [1.54, 1.807) is 6.26 Å². The fourth-order valence-electron chi connectivity index (χ4n) is 3.72. The van der Waals surface area contributed by atoms with Crippen LogP contribution in [0, 0.1) is 0 Å². The Morgan fingerprint density at radius 3 is 1.48 bits per heavy atom. The molecule has 0 aliphatic rings. The van der Waals surface area contributed by atoms with E-state index in [0.717, 1.165) is 51.6 Å². The monoisotopic (exact) mass is 484 g/mol. The fraction of sp³-hybridized carbons (Fsp3) is 0.778. The van der Waals surface area contributed by atoms with Gasteiger partial charge in [0.2, 0.25) is 0 Å². The van der Waals surface area contributed by atoms with E-state index in [1.165, 1.54) is 0 Å². The minimum absolute atomic E-state index is 0. The number of halogens is 1. The van der Waals surface area contributed by atoms with Gasteiger partial charge >= 0.3 is 7.87 Å². The van der Waals surface area contributed by atoms with Gasteiger partial charge in [-0.05, 0) is 53.7 Å². The van der Waals surface area contributed by atoms with Gasteiger partial charge in [-0.2, -0.15) is 0 Å². The van der Waals surface area contributed by atoms with Crippen LogP contribution in [0.2, 0.25) is 0 Å². The van der Waals surface area contributed by atoms with Gasteiger partial charge in [0.25, 0.3) is 0 Å². The predicted molar refractivity (Wildman–Crippen MR) is 106 cm³/mol. The molecule has 0 aliphatic heterocycles. The Morgan fingerprint density at radius 1 is 0.800 bits per heavy atom. The molecule has 0 radical (unpaired) electrons. The van der Waals surface area contributed by atoms with E-state index in [1.807, 2.05) is 6.07 Å². The molecular formula is C18H38IN4OP. The zero-order valence-corrected chi connectivity index (χ0v) is 20.3. The summed E-state index contributed by atoms with van der Waals surface area (Å²) in [5, 5.41) is 0. The molecule has 0 atom stereocenters. The molecule has 0 saturated carbocycles. The molecule has 25 heavy (non-hydrogen) atoms. The molecule has 0 unspecified atom stereocenters. The molecule has 0 amide bonds. The standard InChI is InChI=1S/C18H38N4OP.HI/c1-8-20(9-2)24(21(10-3)11-4,22(12-5)13-6)19(7)17-18-15-14-16-23-18;/h14-16H,8-13,17H2,1-7H3;1H/q+1;/p-1. The number of hydrogen-bond acceptors (Lipinski definition) is 5. The molecule has 0 bridgehead atoms. The maximum absolute atomic E-state index is 5.66. The highest BCUT2D eigenvalue weighted by molar-refractivity contribution is 7.66. The van der Waals surface area contributed by atoms with Crippen LogP contribution in [-0.2, 0) is 6.54 Å². The minimum Gasteiger partial charge on any atom is -1.00 e. The number of rotatable bonds is 12. The molecule has 0 saturated heterocycles. The van der Waals surface area contributed by atoms with Gasteiger partial charge in [0, 0.05) is 46.3 Å². The molecule has 1 heterocycles. The molecule has 1 aromatic heterocycles. The Kier molecular flexibility index (Phi) is 12.8. The summed E-state index contributed by atoms with van der Waals surface area (Å²) < 4.78 is 16.2. The largest absolute Gasteiger partial charge is 1.00 e. The summed E-state index contributed by atoms with van der Waals surface area (Å²) in [5.74, 6) is 1.04. The van der Waals surface area contributed by atoms with Crippen molar-refractivity contribution in [2.45, 2.75) is 48.1 Å². The van der Waals surface area contributed by atoms with Crippen molar-refractivity contribution in [2.75, 3.05) is 46.3 Å². The van der Waals surface area contributed by atoms with Gasteiger partial charge in [-0.3, -0.25) is 0 Å². The summed E-state index contributed by atoms with van der Waals surface area (Å²) in [7, 11) is 0.484. The second-order valence-corrected chi connectivity index (χ2v) is 9.30. The highest BCUT2D eigenvalue weighted by atomic mass is 127. The van der Waals surface area contributed by atoms with Gasteiger partial charge in [0.15, 0.2) is 0 Å². The first-order valence-corrected chi connectivity index (χ1v) is 11.1. The first kappa shape index (κ1) is 25.3. The molecule has 5 nitrogen and oxygen atoms in total. The summed E-state index contributed by atoms with van der Waals surface area (Å²) >= 11 is 0. The quantitative estimate of drug-likeness (QED) is 0.331. The van der Waals surface area contributed by atoms with Gasteiger partial charge in [0.1, 0.15) is 5.76 Å². The van der Waals surface area contributed by atoms with Crippen LogP contribution in [0.1, 0.15) is 47.3 Å². The average Bonchev–Trinajstić information content (AvgIpc) is 3.10. The second-order valence-electron chi connectivity index (χ2n) is 5.85. The first-order valence-electron chi connectivity index (χ1n) is 9.45. The van der Waals surface area contributed by atoms with Crippen LogP contribution in [0.3, 0.4) is 0 Å². The molecule has 148 valence electrons. The van der Waals surface area contributed by atoms with Crippen LogP contribution in [0.5, 0.6) is 0 Å². The van der Waals surface area contributed by atoms with Crippen molar-refractivity contribution in [3.8, 4) is 0 Å². The van der Waals surface area contributed by atoms with Gasteiger partial charge in [-0.25, -0.2) is 0 Å². The third-order valence-electron chi connectivity index (χ3n) is 4.75. The Balaban J connectivity index is 0.00000576. The summed E-state index contributed by atoms with van der Waals surface area (Å²) in [6.07, 6.45) is 1.77. The van der Waals surface area contributed by atoms with E-state index >= 15 is 0 Å². The Labute approximate surface area is 173 Å². The molecule has 0 fully saturated rings. The van der Waals surface area contributed by atoms with Crippen molar-refractivity contribution in [1.82, 2.24) is 18.7 Å². The van der Waals surface area contributed by atoms with Crippen LogP contribution in [0.25, 0.3) is 0 Å². The van der Waals surface area contributed by atoms with E-state index in [4.69, 9.17) is 4.42 Å². The lowest BCUT2D eigenvalue weighted by Gasteiger charge is -2.49. The highest BCUT2D eigenvalue weighted by Crippen LogP contribution is 2.69. The summed E-state index contributed by atoms with van der Waals surface area (Å²) in [5.41, 5.74) is 0. The third kappa shape index (κ3) is 5.39. The average molecular weight is 484 g/mol. The molecule has 0 aromatic carbocycles. The SMILES string of the molecule is CCN(CC)[P+](N(C)Cc1ccco1)(N(CC)CC)N(CC)CC.[I-]. The number of nitrogens with zero attached hydrogens (tertiary/aromatic N) is 4. The van der Waals surface area contributed by atoms with E-state index in [-0.39, 0.29) is 24.0 Å². The van der Waals surface area contributed by atoms with Crippen LogP contribution in [0.15, 0.2) is 22.8 Å². The Hall–Kier alpha value is 0.280. The fourth-order valence-corrected chi connectivity index (χ4v) is 8.69. The highest BCUT2D eigenvalue weighted by Gasteiger charge is 2.58. The van der Waals surface area contributed by atoms with E-state index in [0.29, 0.717) is 0 Å². The third-order valence-corrected chi connectivity index (χ3v) is 9.78. The van der Waals surface area contributed by atoms with E-state index in [2.05, 4.69) is 73.3 Å². The van der Waals surface area contributed by atoms with Crippen LogP contribution < -0.4 is 24.0 Å². The smallest absolute Gasteiger partial charge is 0.308 e. The topological polar surface area (TPSA) is 26.1 Å². The lowest BCUT2D eigenvalue weighted by atomic mass is 10.4. The van der Waals surface area contributed by atoms with Crippen molar-refractivity contribution >= 4 is 7.87 Å².